The lowest BCUT2D eigenvalue weighted by Gasteiger charge is -2.42. The second kappa shape index (κ2) is 9.27. The van der Waals surface area contributed by atoms with Gasteiger partial charge in [-0.1, -0.05) is 22.0 Å². The van der Waals surface area contributed by atoms with E-state index in [0.717, 1.165) is 0 Å². The maximum atomic E-state index is 14.3. The minimum atomic E-state index is -2.33. The molecule has 1 atom stereocenters. The molecule has 12 heteroatoms. The largest absolute Gasteiger partial charge is 0.479 e. The Morgan fingerprint density at radius 3 is 2.79 bits per heavy atom. The van der Waals surface area contributed by atoms with Crippen molar-refractivity contribution in [1.82, 2.24) is 15.2 Å². The third kappa shape index (κ3) is 4.68. The molecule has 0 radical (unpaired) electrons. The molecule has 0 saturated carbocycles. The van der Waals surface area contributed by atoms with Gasteiger partial charge in [0, 0.05) is 41.4 Å². The number of carbonyl (C=O) groups is 2. The van der Waals surface area contributed by atoms with Gasteiger partial charge in [-0.05, 0) is 24.6 Å². The van der Waals surface area contributed by atoms with Crippen molar-refractivity contribution in [3.8, 4) is 0 Å². The van der Waals surface area contributed by atoms with E-state index in [1.54, 1.807) is 23.4 Å². The Labute approximate surface area is 200 Å². The van der Waals surface area contributed by atoms with Crippen LogP contribution in [0.2, 0.25) is 0 Å². The van der Waals surface area contributed by atoms with Gasteiger partial charge in [-0.15, -0.1) is 11.3 Å². The van der Waals surface area contributed by atoms with Crippen LogP contribution in [0.3, 0.4) is 0 Å². The van der Waals surface area contributed by atoms with Crippen molar-refractivity contribution in [3.63, 3.8) is 0 Å². The van der Waals surface area contributed by atoms with Gasteiger partial charge < -0.3 is 15.2 Å². The smallest absolute Gasteiger partial charge is 0.344 e. The molecule has 2 N–H and O–H groups in total. The number of aliphatic carboxylic acids is 1. The maximum Gasteiger partial charge on any atom is 0.344 e. The number of benzene rings is 1. The number of amidine groups is 1. The van der Waals surface area contributed by atoms with Gasteiger partial charge in [-0.3, -0.25) is 9.89 Å². The highest BCUT2D eigenvalue weighted by Crippen LogP contribution is 2.37. The van der Waals surface area contributed by atoms with Gasteiger partial charge in [-0.2, -0.15) is 0 Å². The number of nitrogens with one attached hydrogen (secondary N) is 1. The summed E-state index contributed by atoms with van der Waals surface area (Å²) in [6, 6.07) is 3.21. The third-order valence-corrected chi connectivity index (χ3v) is 6.69. The van der Waals surface area contributed by atoms with Crippen LogP contribution < -0.4 is 5.32 Å². The average Bonchev–Trinajstić information content (AvgIpc) is 3.27. The second-order valence-corrected chi connectivity index (χ2v) is 9.29. The average molecular weight is 541 g/mol. The van der Waals surface area contributed by atoms with Gasteiger partial charge in [0.25, 0.3) is 0 Å². The number of hydrogen-bond donors (Lipinski definition) is 2. The van der Waals surface area contributed by atoms with E-state index in [-0.39, 0.29) is 31.8 Å². The first kappa shape index (κ1) is 23.5. The van der Waals surface area contributed by atoms with E-state index in [9.17, 15) is 18.4 Å². The molecule has 0 spiro atoms. The number of carboxylic acid groups (broad SMARTS) is 1. The van der Waals surface area contributed by atoms with Crippen molar-refractivity contribution >= 4 is 45.0 Å². The zero-order valence-electron chi connectivity index (χ0n) is 17.3. The maximum absolute atomic E-state index is 14.3. The van der Waals surface area contributed by atoms with Crippen LogP contribution in [0.25, 0.3) is 0 Å². The van der Waals surface area contributed by atoms with Crippen LogP contribution >= 0.6 is 27.3 Å². The van der Waals surface area contributed by atoms with Crippen molar-refractivity contribution < 1.29 is 28.2 Å². The molecule has 2 aliphatic heterocycles. The lowest BCUT2D eigenvalue weighted by molar-refractivity contribution is -0.163. The summed E-state index contributed by atoms with van der Waals surface area (Å²) >= 11 is 4.68. The number of halogens is 3. The Morgan fingerprint density at radius 1 is 1.42 bits per heavy atom. The van der Waals surface area contributed by atoms with Crippen LogP contribution in [-0.2, 0) is 14.3 Å². The van der Waals surface area contributed by atoms with Gasteiger partial charge in [0.15, 0.2) is 10.8 Å². The number of rotatable bonds is 7. The van der Waals surface area contributed by atoms with E-state index < -0.39 is 29.5 Å². The van der Waals surface area contributed by atoms with Crippen LogP contribution in [0.15, 0.2) is 50.5 Å². The van der Waals surface area contributed by atoms with E-state index in [4.69, 9.17) is 9.84 Å². The number of aliphatic imine (C=N–C) groups is 1. The molecule has 174 valence electrons. The fourth-order valence-corrected chi connectivity index (χ4v) is 4.86. The zero-order chi connectivity index (χ0) is 23.8. The fraction of sp³-hybridized carbons (Fsp3) is 0.333. The predicted octanol–water partition coefficient (Wildman–Crippen LogP) is 3.06. The normalized spacial score (nSPS) is 20.0. The SMILES string of the molecule is CCOC(=O)C1=C(CN2CC(F)(C(=O)O)C2)NC(c2nccs2)=NC1c1ccc(F)cc1Br. The summed E-state index contributed by atoms with van der Waals surface area (Å²) in [5, 5.41) is 14.5. The Hall–Kier alpha value is -2.70. The standard InChI is InChI=1S/C21H19BrF2N4O4S/c1-2-32-19(29)15-14(8-28-9-21(24,10-28)20(30)31)26-17(18-25-5-6-33-18)27-16(15)12-4-3-11(23)7-13(12)22/h3-7,16H,2,8-10H2,1H3,(H,26,27)(H,30,31). The Bertz CT molecular complexity index is 1150. The van der Waals surface area contributed by atoms with Crippen molar-refractivity contribution in [2.24, 2.45) is 4.99 Å². The number of carboxylic acids is 1. The summed E-state index contributed by atoms with van der Waals surface area (Å²) in [5.41, 5.74) is -1.23. The Kier molecular flexibility index (Phi) is 6.59. The van der Waals surface area contributed by atoms with Crippen molar-refractivity contribution in [2.45, 2.75) is 18.6 Å². The topological polar surface area (TPSA) is 104 Å². The highest BCUT2D eigenvalue weighted by atomic mass is 79.9. The first-order valence-electron chi connectivity index (χ1n) is 9.96. The quantitative estimate of drug-likeness (QED) is 0.520. The monoisotopic (exact) mass is 540 g/mol. The molecule has 1 saturated heterocycles. The summed E-state index contributed by atoms with van der Waals surface area (Å²) in [4.78, 5) is 34.7. The second-order valence-electron chi connectivity index (χ2n) is 7.54. The van der Waals surface area contributed by atoms with Gasteiger partial charge >= 0.3 is 11.9 Å². The van der Waals surface area contributed by atoms with Crippen LogP contribution in [0, 0.1) is 5.82 Å². The van der Waals surface area contributed by atoms with Crippen molar-refractivity contribution in [1.29, 1.82) is 0 Å². The molecular formula is C21H19BrF2N4O4S. The van der Waals surface area contributed by atoms with Gasteiger partial charge in [0.05, 0.1) is 12.2 Å². The van der Waals surface area contributed by atoms with E-state index in [0.29, 0.717) is 26.6 Å². The number of alkyl halides is 1. The lowest BCUT2D eigenvalue weighted by Crippen LogP contribution is -2.64. The Morgan fingerprint density at radius 2 is 2.18 bits per heavy atom. The van der Waals surface area contributed by atoms with E-state index in [1.807, 2.05) is 0 Å². The molecule has 1 fully saturated rings. The Balaban J connectivity index is 1.77. The highest BCUT2D eigenvalue weighted by Gasteiger charge is 2.51. The summed E-state index contributed by atoms with van der Waals surface area (Å²) in [5.74, 6) is -2.22. The summed E-state index contributed by atoms with van der Waals surface area (Å²) in [7, 11) is 0. The molecule has 1 unspecified atom stereocenters. The minimum Gasteiger partial charge on any atom is -0.479 e. The number of nitrogens with zero attached hydrogens (tertiary/aromatic N) is 3. The lowest BCUT2D eigenvalue weighted by atomic mass is 9.93. The van der Waals surface area contributed by atoms with E-state index in [2.05, 4.69) is 31.2 Å². The van der Waals surface area contributed by atoms with Gasteiger partial charge in [0.1, 0.15) is 11.9 Å². The van der Waals surface area contributed by atoms with Crippen LogP contribution in [0.4, 0.5) is 8.78 Å². The molecule has 1 aromatic heterocycles. The molecule has 0 aliphatic carbocycles. The number of ether oxygens (including phenoxy) is 1. The van der Waals surface area contributed by atoms with Crippen molar-refractivity contribution in [2.75, 3.05) is 26.2 Å². The first-order valence-corrected chi connectivity index (χ1v) is 11.6. The molecular weight excluding hydrogens is 522 g/mol. The zero-order valence-corrected chi connectivity index (χ0v) is 19.8. The van der Waals surface area contributed by atoms with Crippen LogP contribution in [0.5, 0.6) is 0 Å². The molecule has 4 rings (SSSR count). The van der Waals surface area contributed by atoms with Crippen LogP contribution in [-0.4, -0.2) is 64.7 Å². The number of thiazole rings is 1. The number of carbonyl (C=O) groups excluding carboxylic acids is 1. The van der Waals surface area contributed by atoms with E-state index >= 15 is 0 Å². The molecule has 0 amide bonds. The molecule has 2 aliphatic rings. The molecule has 3 heterocycles. The molecule has 33 heavy (non-hydrogen) atoms. The molecule has 2 aromatic rings. The van der Waals surface area contributed by atoms with Gasteiger partial charge in [0.2, 0.25) is 5.67 Å². The number of esters is 1. The van der Waals surface area contributed by atoms with Crippen LogP contribution in [0.1, 0.15) is 23.5 Å². The molecule has 0 bridgehead atoms. The molecule has 1 aromatic carbocycles. The predicted molar refractivity (Wildman–Crippen MR) is 120 cm³/mol. The number of likely N-dealkylation sites (tertiary alicyclic amines) is 1. The minimum absolute atomic E-state index is 0.0623. The summed E-state index contributed by atoms with van der Waals surface area (Å²) in [6.45, 7) is 1.21. The number of aromatic nitrogens is 1. The number of hydrogen-bond acceptors (Lipinski definition) is 8. The first-order chi connectivity index (χ1) is 15.7. The summed E-state index contributed by atoms with van der Waals surface area (Å²) < 4.78 is 33.7. The van der Waals surface area contributed by atoms with E-state index in [1.165, 1.54) is 29.5 Å². The summed E-state index contributed by atoms with van der Waals surface area (Å²) in [6.07, 6.45) is 1.61. The molecule has 8 nitrogen and oxygen atoms in total. The third-order valence-electron chi connectivity index (χ3n) is 5.23. The fourth-order valence-electron chi connectivity index (χ4n) is 3.70. The van der Waals surface area contributed by atoms with Crippen molar-refractivity contribution in [3.05, 3.63) is 61.9 Å². The van der Waals surface area contributed by atoms with Gasteiger partial charge in [-0.25, -0.2) is 23.4 Å². The highest BCUT2D eigenvalue weighted by molar-refractivity contribution is 9.10.